The van der Waals surface area contributed by atoms with Crippen LogP contribution >= 0.6 is 34.8 Å². The van der Waals surface area contributed by atoms with Crippen LogP contribution in [0.2, 0.25) is 0 Å². The molecule has 2 N–H and O–H groups in total. The van der Waals surface area contributed by atoms with Crippen LogP contribution in [0.1, 0.15) is 18.4 Å². The van der Waals surface area contributed by atoms with Gasteiger partial charge in [-0.1, -0.05) is 17.7 Å². The number of hydrogen-bond acceptors (Lipinski definition) is 3. The summed E-state index contributed by atoms with van der Waals surface area (Å²) in [7, 11) is 0. The first-order chi connectivity index (χ1) is 11.5. The SMILES string of the molecule is Cc1ccc(OCCCC(=O)NC(=S)Nc2ccc(I)cc2)cc1. The summed E-state index contributed by atoms with van der Waals surface area (Å²) in [6.45, 7) is 2.52. The Morgan fingerprint density at radius 2 is 1.79 bits per heavy atom. The lowest BCUT2D eigenvalue weighted by Crippen LogP contribution is -2.34. The number of halogens is 1. The molecule has 0 atom stereocenters. The highest BCUT2D eigenvalue weighted by Gasteiger charge is 2.05. The summed E-state index contributed by atoms with van der Waals surface area (Å²) in [5.74, 6) is 0.697. The molecule has 0 aliphatic carbocycles. The topological polar surface area (TPSA) is 50.4 Å². The van der Waals surface area contributed by atoms with Crippen LogP contribution in [0.25, 0.3) is 0 Å². The second-order valence-electron chi connectivity index (χ2n) is 5.27. The van der Waals surface area contributed by atoms with Gasteiger partial charge in [0.15, 0.2) is 5.11 Å². The Bertz CT molecular complexity index is 687. The molecule has 0 fully saturated rings. The standard InChI is InChI=1S/C18H19IN2O2S/c1-13-4-10-16(11-5-13)23-12-2-3-17(22)21-18(24)20-15-8-6-14(19)7-9-15/h4-11H,2-3,12H2,1H3,(H2,20,21,22,24). The van der Waals surface area contributed by atoms with E-state index in [0.29, 0.717) is 24.6 Å². The van der Waals surface area contributed by atoms with E-state index in [4.69, 9.17) is 17.0 Å². The number of anilines is 1. The second kappa shape index (κ2) is 9.58. The fourth-order valence-electron chi connectivity index (χ4n) is 1.94. The lowest BCUT2D eigenvalue weighted by Gasteiger charge is -2.10. The third-order valence-electron chi connectivity index (χ3n) is 3.19. The number of rotatable bonds is 6. The number of nitrogens with one attached hydrogen (secondary N) is 2. The molecular formula is C18H19IN2O2S. The van der Waals surface area contributed by atoms with E-state index >= 15 is 0 Å². The zero-order valence-corrected chi connectivity index (χ0v) is 16.3. The third kappa shape index (κ3) is 6.84. The first-order valence-corrected chi connectivity index (χ1v) is 9.07. The molecule has 0 radical (unpaired) electrons. The molecule has 24 heavy (non-hydrogen) atoms. The van der Waals surface area contributed by atoms with Gasteiger partial charge in [-0.3, -0.25) is 4.79 Å². The summed E-state index contributed by atoms with van der Waals surface area (Å²) in [4.78, 5) is 11.9. The monoisotopic (exact) mass is 454 g/mol. The quantitative estimate of drug-likeness (QED) is 0.389. The van der Waals surface area contributed by atoms with E-state index in [2.05, 4.69) is 33.2 Å². The summed E-state index contributed by atoms with van der Waals surface area (Å²) < 4.78 is 6.73. The molecule has 0 saturated carbocycles. The van der Waals surface area contributed by atoms with Crippen LogP contribution in [0.3, 0.4) is 0 Å². The maximum Gasteiger partial charge on any atom is 0.226 e. The van der Waals surface area contributed by atoms with E-state index in [-0.39, 0.29) is 5.91 Å². The van der Waals surface area contributed by atoms with Crippen molar-refractivity contribution in [1.29, 1.82) is 0 Å². The second-order valence-corrected chi connectivity index (χ2v) is 6.93. The predicted molar refractivity (Wildman–Crippen MR) is 109 cm³/mol. The molecule has 0 aliphatic heterocycles. The summed E-state index contributed by atoms with van der Waals surface area (Å²) in [5, 5.41) is 5.97. The molecule has 4 nitrogen and oxygen atoms in total. The summed E-state index contributed by atoms with van der Waals surface area (Å²) >= 11 is 7.37. The highest BCUT2D eigenvalue weighted by molar-refractivity contribution is 14.1. The minimum atomic E-state index is -0.120. The number of carbonyl (C=O) groups excluding carboxylic acids is 1. The van der Waals surface area contributed by atoms with E-state index < -0.39 is 0 Å². The van der Waals surface area contributed by atoms with Crippen molar-refractivity contribution in [3.63, 3.8) is 0 Å². The molecule has 0 spiro atoms. The van der Waals surface area contributed by atoms with E-state index in [1.165, 1.54) is 5.56 Å². The Morgan fingerprint density at radius 1 is 1.12 bits per heavy atom. The van der Waals surface area contributed by atoms with Gasteiger partial charge in [0.05, 0.1) is 6.61 Å². The number of carbonyl (C=O) groups is 1. The Hall–Kier alpha value is -1.67. The number of ether oxygens (including phenoxy) is 1. The predicted octanol–water partition coefficient (Wildman–Crippen LogP) is 4.27. The lowest BCUT2D eigenvalue weighted by atomic mass is 10.2. The van der Waals surface area contributed by atoms with Crippen molar-refractivity contribution < 1.29 is 9.53 Å². The maximum absolute atomic E-state index is 11.9. The van der Waals surface area contributed by atoms with Gasteiger partial charge in [-0.05, 0) is 84.6 Å². The molecule has 0 aliphatic rings. The highest BCUT2D eigenvalue weighted by atomic mass is 127. The van der Waals surface area contributed by atoms with Crippen molar-refractivity contribution in [2.75, 3.05) is 11.9 Å². The minimum Gasteiger partial charge on any atom is -0.494 e. The van der Waals surface area contributed by atoms with Crippen molar-refractivity contribution in [3.8, 4) is 5.75 Å². The van der Waals surface area contributed by atoms with Gasteiger partial charge >= 0.3 is 0 Å². The molecule has 0 unspecified atom stereocenters. The first-order valence-electron chi connectivity index (χ1n) is 7.59. The number of benzene rings is 2. The maximum atomic E-state index is 11.9. The van der Waals surface area contributed by atoms with E-state index in [1.54, 1.807) is 0 Å². The van der Waals surface area contributed by atoms with Crippen LogP contribution in [0, 0.1) is 10.5 Å². The molecule has 0 saturated heterocycles. The fourth-order valence-corrected chi connectivity index (χ4v) is 2.53. The van der Waals surface area contributed by atoms with Crippen LogP contribution in [0.15, 0.2) is 48.5 Å². The molecule has 0 heterocycles. The lowest BCUT2D eigenvalue weighted by molar-refractivity contribution is -0.119. The van der Waals surface area contributed by atoms with Crippen LogP contribution in [0.5, 0.6) is 5.75 Å². The number of thiocarbonyl (C=S) groups is 1. The molecule has 2 aromatic carbocycles. The van der Waals surface area contributed by atoms with Crippen LogP contribution in [-0.4, -0.2) is 17.6 Å². The van der Waals surface area contributed by atoms with Crippen molar-refractivity contribution in [3.05, 3.63) is 57.7 Å². The van der Waals surface area contributed by atoms with Crippen molar-refractivity contribution in [1.82, 2.24) is 5.32 Å². The summed E-state index contributed by atoms with van der Waals surface area (Å²) in [5.41, 5.74) is 2.04. The zero-order valence-electron chi connectivity index (χ0n) is 13.3. The Labute approximate surface area is 161 Å². The van der Waals surface area contributed by atoms with Gasteiger partial charge in [0.1, 0.15) is 5.75 Å². The van der Waals surface area contributed by atoms with Gasteiger partial charge in [-0.2, -0.15) is 0 Å². The van der Waals surface area contributed by atoms with Crippen LogP contribution < -0.4 is 15.4 Å². The number of aryl methyl sites for hydroxylation is 1. The van der Waals surface area contributed by atoms with Gasteiger partial charge in [0.2, 0.25) is 5.91 Å². The van der Waals surface area contributed by atoms with Crippen molar-refractivity contribution in [2.45, 2.75) is 19.8 Å². The normalized spacial score (nSPS) is 10.1. The molecule has 2 rings (SSSR count). The Kier molecular flexibility index (Phi) is 7.45. The summed E-state index contributed by atoms with van der Waals surface area (Å²) in [6.07, 6.45) is 0.992. The Morgan fingerprint density at radius 3 is 2.46 bits per heavy atom. The van der Waals surface area contributed by atoms with Gasteiger partial charge in [-0.15, -0.1) is 0 Å². The summed E-state index contributed by atoms with van der Waals surface area (Å²) in [6, 6.07) is 15.6. The third-order valence-corrected chi connectivity index (χ3v) is 4.12. The average Bonchev–Trinajstić information content (AvgIpc) is 2.55. The number of amides is 1. The fraction of sp³-hybridized carbons (Fsp3) is 0.222. The molecule has 126 valence electrons. The van der Waals surface area contributed by atoms with E-state index in [0.717, 1.165) is 15.0 Å². The molecule has 1 amide bonds. The van der Waals surface area contributed by atoms with Gasteiger partial charge < -0.3 is 15.4 Å². The van der Waals surface area contributed by atoms with Gasteiger partial charge in [0, 0.05) is 15.7 Å². The van der Waals surface area contributed by atoms with Gasteiger partial charge in [0.25, 0.3) is 0 Å². The highest BCUT2D eigenvalue weighted by Crippen LogP contribution is 2.12. The molecule has 2 aromatic rings. The van der Waals surface area contributed by atoms with Crippen LogP contribution in [0.4, 0.5) is 5.69 Å². The van der Waals surface area contributed by atoms with Crippen molar-refractivity contribution >= 4 is 51.5 Å². The zero-order chi connectivity index (χ0) is 17.4. The largest absolute Gasteiger partial charge is 0.494 e. The first kappa shape index (κ1) is 18.7. The van der Waals surface area contributed by atoms with E-state index in [1.807, 2.05) is 55.5 Å². The molecule has 0 aromatic heterocycles. The molecule has 0 bridgehead atoms. The Balaban J connectivity index is 1.64. The average molecular weight is 454 g/mol. The minimum absolute atomic E-state index is 0.120. The molecule has 6 heteroatoms. The van der Waals surface area contributed by atoms with Crippen LogP contribution in [-0.2, 0) is 4.79 Å². The molecular weight excluding hydrogens is 435 g/mol. The van der Waals surface area contributed by atoms with Crippen molar-refractivity contribution in [2.24, 2.45) is 0 Å². The number of hydrogen-bond donors (Lipinski definition) is 2. The smallest absolute Gasteiger partial charge is 0.226 e. The van der Waals surface area contributed by atoms with E-state index in [9.17, 15) is 4.79 Å². The van der Waals surface area contributed by atoms with Gasteiger partial charge in [-0.25, -0.2) is 0 Å².